The predicted molar refractivity (Wildman–Crippen MR) is 70.2 cm³/mol. The molecule has 1 fully saturated rings. The Hall–Kier alpha value is -1.77. The van der Waals surface area contributed by atoms with Gasteiger partial charge in [-0.25, -0.2) is 13.2 Å². The average Bonchev–Trinajstić information content (AvgIpc) is 2.62. The van der Waals surface area contributed by atoms with Crippen LogP contribution in [0.15, 0.2) is 24.3 Å². The fourth-order valence-electron chi connectivity index (χ4n) is 2.14. The van der Waals surface area contributed by atoms with E-state index < -0.39 is 33.5 Å². The van der Waals surface area contributed by atoms with Crippen LogP contribution in [0.2, 0.25) is 0 Å². The van der Waals surface area contributed by atoms with Gasteiger partial charge in [0.05, 0.1) is 17.1 Å². The lowest BCUT2D eigenvalue weighted by Crippen LogP contribution is -2.32. The van der Waals surface area contributed by atoms with Crippen molar-refractivity contribution in [3.05, 3.63) is 29.8 Å². The number of halogens is 3. The van der Waals surface area contributed by atoms with E-state index in [0.717, 1.165) is 24.3 Å². The van der Waals surface area contributed by atoms with Gasteiger partial charge in [-0.1, -0.05) is 0 Å². The molecule has 1 aromatic carbocycles. The van der Waals surface area contributed by atoms with E-state index in [-0.39, 0.29) is 23.5 Å². The first-order valence-corrected chi connectivity index (χ1v) is 8.10. The van der Waals surface area contributed by atoms with E-state index in [1.54, 1.807) is 0 Å². The molecule has 0 radical (unpaired) electrons. The van der Waals surface area contributed by atoms with Gasteiger partial charge in [-0.05, 0) is 31.2 Å². The van der Waals surface area contributed by atoms with Crippen LogP contribution in [0.25, 0.3) is 0 Å². The largest absolute Gasteiger partial charge is 0.573 e. The van der Waals surface area contributed by atoms with Crippen molar-refractivity contribution < 1.29 is 35.9 Å². The summed E-state index contributed by atoms with van der Waals surface area (Å²) in [6.45, 7) is 1.51. The number of esters is 1. The summed E-state index contributed by atoms with van der Waals surface area (Å²) in [7, 11) is -3.23. The predicted octanol–water partition coefficient (Wildman–Crippen LogP) is 2.32. The first kappa shape index (κ1) is 16.6. The van der Waals surface area contributed by atoms with Crippen LogP contribution in [0, 0.1) is 0 Å². The maximum atomic E-state index is 12.0. The third-order valence-corrected chi connectivity index (χ3v) is 5.01. The lowest BCUT2D eigenvalue weighted by molar-refractivity contribution is -0.274. The zero-order valence-electron chi connectivity index (χ0n) is 11.5. The van der Waals surface area contributed by atoms with Crippen LogP contribution >= 0.6 is 0 Å². The van der Waals surface area contributed by atoms with Gasteiger partial charge in [0.2, 0.25) is 0 Å². The number of sulfone groups is 1. The first-order chi connectivity index (χ1) is 9.98. The highest BCUT2D eigenvalue weighted by Gasteiger charge is 2.41. The quantitative estimate of drug-likeness (QED) is 0.791. The number of hydrogen-bond donors (Lipinski definition) is 0. The molecule has 1 aliphatic rings. The molecular weight excluding hydrogens is 325 g/mol. The molecule has 1 unspecified atom stereocenters. The van der Waals surface area contributed by atoms with Crippen molar-refractivity contribution in [1.29, 1.82) is 0 Å². The molecule has 22 heavy (non-hydrogen) atoms. The Morgan fingerprint density at radius 3 is 2.27 bits per heavy atom. The maximum absolute atomic E-state index is 12.0. The number of carbonyl (C=O) groups is 1. The van der Waals surface area contributed by atoms with Crippen molar-refractivity contribution in [2.24, 2.45) is 0 Å². The summed E-state index contributed by atoms with van der Waals surface area (Å²) in [6.07, 6.45) is -4.62. The van der Waals surface area contributed by atoms with E-state index in [0.29, 0.717) is 0 Å². The van der Waals surface area contributed by atoms with Crippen LogP contribution in [0.1, 0.15) is 23.7 Å². The van der Waals surface area contributed by atoms with E-state index in [2.05, 4.69) is 4.74 Å². The Morgan fingerprint density at radius 2 is 1.82 bits per heavy atom. The molecule has 0 saturated carbocycles. The van der Waals surface area contributed by atoms with E-state index in [9.17, 15) is 26.4 Å². The van der Waals surface area contributed by atoms with Crippen LogP contribution in [-0.2, 0) is 14.6 Å². The molecule has 0 aliphatic carbocycles. The van der Waals surface area contributed by atoms with Gasteiger partial charge in [0.15, 0.2) is 9.84 Å². The number of rotatable bonds is 3. The molecular formula is C13H13F3O5S. The Morgan fingerprint density at radius 1 is 1.23 bits per heavy atom. The smallest absolute Gasteiger partial charge is 0.455 e. The third kappa shape index (κ3) is 4.36. The van der Waals surface area contributed by atoms with Crippen LogP contribution in [0.5, 0.6) is 5.75 Å². The molecule has 1 aliphatic heterocycles. The summed E-state index contributed by atoms with van der Waals surface area (Å²) >= 11 is 0. The van der Waals surface area contributed by atoms with Gasteiger partial charge >= 0.3 is 12.3 Å². The Bertz CT molecular complexity index is 666. The minimum Gasteiger partial charge on any atom is -0.455 e. The first-order valence-electron chi connectivity index (χ1n) is 6.28. The number of benzene rings is 1. The molecule has 122 valence electrons. The monoisotopic (exact) mass is 338 g/mol. The highest BCUT2D eigenvalue weighted by molar-refractivity contribution is 7.91. The molecule has 9 heteroatoms. The van der Waals surface area contributed by atoms with E-state index in [1.807, 2.05) is 0 Å². The second-order valence-electron chi connectivity index (χ2n) is 5.25. The SMILES string of the molecule is CC1(OC(=O)c2ccc(OC(F)(F)F)cc2)CCS(=O)(=O)C1. The third-order valence-electron chi connectivity index (χ3n) is 3.13. The number of carbonyl (C=O) groups excluding carboxylic acids is 1. The van der Waals surface area contributed by atoms with E-state index in [1.165, 1.54) is 6.92 Å². The molecule has 1 heterocycles. The molecule has 5 nitrogen and oxygen atoms in total. The van der Waals surface area contributed by atoms with Gasteiger partial charge in [0.25, 0.3) is 0 Å². The standard InChI is InChI=1S/C13H13F3O5S/c1-12(6-7-22(18,19)8-12)21-11(17)9-2-4-10(5-3-9)20-13(14,15)16/h2-5H,6-8H2,1H3. The number of hydrogen-bond acceptors (Lipinski definition) is 5. The molecule has 2 rings (SSSR count). The van der Waals surface area contributed by atoms with Gasteiger partial charge < -0.3 is 9.47 Å². The fraction of sp³-hybridized carbons (Fsp3) is 0.462. The minimum absolute atomic E-state index is 0.0139. The summed E-state index contributed by atoms with van der Waals surface area (Å²) in [5, 5.41) is 0. The zero-order valence-corrected chi connectivity index (χ0v) is 12.3. The van der Waals surface area contributed by atoms with Crippen molar-refractivity contribution in [3.63, 3.8) is 0 Å². The van der Waals surface area contributed by atoms with Gasteiger partial charge in [-0.15, -0.1) is 13.2 Å². The van der Waals surface area contributed by atoms with Crippen LogP contribution in [0.3, 0.4) is 0 Å². The second kappa shape index (κ2) is 5.45. The summed E-state index contributed by atoms with van der Waals surface area (Å²) in [5.74, 6) is -1.58. The highest BCUT2D eigenvalue weighted by Crippen LogP contribution is 2.28. The van der Waals surface area contributed by atoms with Crippen LogP contribution in [0.4, 0.5) is 13.2 Å². The van der Waals surface area contributed by atoms with E-state index >= 15 is 0 Å². The zero-order chi connectivity index (χ0) is 16.6. The second-order valence-corrected chi connectivity index (χ2v) is 7.44. The van der Waals surface area contributed by atoms with Crippen molar-refractivity contribution >= 4 is 15.8 Å². The van der Waals surface area contributed by atoms with Crippen molar-refractivity contribution in [2.75, 3.05) is 11.5 Å². The van der Waals surface area contributed by atoms with Crippen molar-refractivity contribution in [1.82, 2.24) is 0 Å². The Balaban J connectivity index is 2.05. The molecule has 1 aromatic rings. The van der Waals surface area contributed by atoms with Gasteiger partial charge in [0.1, 0.15) is 11.4 Å². The highest BCUT2D eigenvalue weighted by atomic mass is 32.2. The average molecular weight is 338 g/mol. The summed E-state index contributed by atoms with van der Waals surface area (Å²) in [5.41, 5.74) is -1.10. The molecule has 0 spiro atoms. The van der Waals surface area contributed by atoms with E-state index in [4.69, 9.17) is 4.74 Å². The van der Waals surface area contributed by atoms with Crippen molar-refractivity contribution in [3.8, 4) is 5.75 Å². The van der Waals surface area contributed by atoms with Crippen LogP contribution in [-0.4, -0.2) is 37.9 Å². The maximum Gasteiger partial charge on any atom is 0.573 e. The molecule has 0 N–H and O–H groups in total. The van der Waals surface area contributed by atoms with Crippen molar-refractivity contribution in [2.45, 2.75) is 25.3 Å². The molecule has 0 aromatic heterocycles. The minimum atomic E-state index is -4.81. The Labute approximate surface area is 124 Å². The van der Waals surface area contributed by atoms with Gasteiger partial charge in [-0.3, -0.25) is 0 Å². The fourth-order valence-corrected chi connectivity index (χ4v) is 4.16. The molecule has 0 bridgehead atoms. The lowest BCUT2D eigenvalue weighted by atomic mass is 10.1. The summed E-state index contributed by atoms with van der Waals surface area (Å²) in [6, 6.07) is 4.21. The number of alkyl halides is 3. The van der Waals surface area contributed by atoms with Crippen LogP contribution < -0.4 is 4.74 Å². The number of ether oxygens (including phenoxy) is 2. The van der Waals surface area contributed by atoms with Gasteiger partial charge in [0, 0.05) is 6.42 Å². The lowest BCUT2D eigenvalue weighted by Gasteiger charge is -2.22. The summed E-state index contributed by atoms with van der Waals surface area (Å²) in [4.78, 5) is 11.9. The molecule has 1 atom stereocenters. The van der Waals surface area contributed by atoms with Gasteiger partial charge in [-0.2, -0.15) is 0 Å². The summed E-state index contributed by atoms with van der Waals surface area (Å²) < 4.78 is 67.8. The Kier molecular flexibility index (Phi) is 4.12. The topological polar surface area (TPSA) is 69.7 Å². The normalized spacial score (nSPS) is 24.0. The molecule has 0 amide bonds. The molecule has 1 saturated heterocycles.